The van der Waals surface area contributed by atoms with E-state index in [9.17, 15) is 33.8 Å². The predicted octanol–water partition coefficient (Wildman–Crippen LogP) is 3.13. The Labute approximate surface area is 193 Å². The maximum absolute atomic E-state index is 13.8. The molecule has 182 valence electrons. The molecule has 1 atom stereocenters. The highest BCUT2D eigenvalue weighted by Gasteiger charge is 2.56. The number of anilines is 1. The predicted molar refractivity (Wildman–Crippen MR) is 123 cm³/mol. The van der Waals surface area contributed by atoms with Gasteiger partial charge in [0.1, 0.15) is 17.9 Å². The number of aryl methyl sites for hydroxylation is 1. The van der Waals surface area contributed by atoms with Crippen LogP contribution in [0.1, 0.15) is 64.4 Å². The molecule has 2 aliphatic rings. The Morgan fingerprint density at radius 1 is 1.12 bits per heavy atom. The largest absolute Gasteiger partial charge is 0.480 e. The monoisotopic (exact) mass is 480 g/mol. The van der Waals surface area contributed by atoms with Gasteiger partial charge in [-0.2, -0.15) is 0 Å². The molecule has 3 rings (SSSR count). The maximum Gasteiger partial charge on any atom is 0.350 e. The van der Waals surface area contributed by atoms with E-state index in [1.807, 2.05) is 0 Å². The van der Waals surface area contributed by atoms with Crippen LogP contribution in [0.3, 0.4) is 0 Å². The summed E-state index contributed by atoms with van der Waals surface area (Å²) in [4.78, 5) is 62.5. The minimum absolute atomic E-state index is 0.0259. The minimum Gasteiger partial charge on any atom is -0.480 e. The Hall–Kier alpha value is -2.22. The summed E-state index contributed by atoms with van der Waals surface area (Å²) in [6, 6.07) is 5.80. The van der Waals surface area contributed by atoms with E-state index in [2.05, 4.69) is 0 Å². The molecule has 0 radical (unpaired) electrons. The number of rotatable bonds is 8. The van der Waals surface area contributed by atoms with E-state index in [0.29, 0.717) is 24.9 Å². The van der Waals surface area contributed by atoms with Gasteiger partial charge in [-0.3, -0.25) is 23.8 Å². The molecular formula is C23H33N2O7P. The van der Waals surface area contributed by atoms with Crippen molar-refractivity contribution in [1.82, 2.24) is 4.90 Å². The summed E-state index contributed by atoms with van der Waals surface area (Å²) in [6.45, 7) is 2.63. The van der Waals surface area contributed by atoms with Crippen molar-refractivity contribution in [3.63, 3.8) is 0 Å². The Morgan fingerprint density at radius 3 is 2.27 bits per heavy atom. The average Bonchev–Trinajstić information content (AvgIpc) is 3.27. The van der Waals surface area contributed by atoms with E-state index < -0.39 is 49.2 Å². The second-order valence-corrected chi connectivity index (χ2v) is 10.8. The molecule has 0 unspecified atom stereocenters. The van der Waals surface area contributed by atoms with E-state index in [4.69, 9.17) is 0 Å². The van der Waals surface area contributed by atoms with Gasteiger partial charge in [0.25, 0.3) is 0 Å². The van der Waals surface area contributed by atoms with Gasteiger partial charge in [0.15, 0.2) is 0 Å². The number of benzene rings is 1. The second-order valence-electron chi connectivity index (χ2n) is 8.92. The highest BCUT2D eigenvalue weighted by Crippen LogP contribution is 2.58. The summed E-state index contributed by atoms with van der Waals surface area (Å²) < 4.78 is 12.9. The third-order valence-electron chi connectivity index (χ3n) is 7.19. The van der Waals surface area contributed by atoms with Gasteiger partial charge in [0.2, 0.25) is 11.8 Å². The lowest BCUT2D eigenvalue weighted by molar-refractivity contribution is -0.149. The lowest BCUT2D eigenvalue weighted by atomic mass is 9.97. The lowest BCUT2D eigenvalue weighted by Crippen LogP contribution is -2.61. The van der Waals surface area contributed by atoms with E-state index in [1.54, 1.807) is 38.1 Å². The number of fused-ring (bicyclic) bond motifs is 1. The van der Waals surface area contributed by atoms with Crippen molar-refractivity contribution in [3.8, 4) is 0 Å². The van der Waals surface area contributed by atoms with Crippen LogP contribution < -0.4 is 4.90 Å². The SMILES string of the molecule is CCC(CC)(N(C(=O)C1CCCC1)[C@H]1CCc2ccccc2N(CC(=O)O)C1=O)P(=O)(O)O. The first-order chi connectivity index (χ1) is 15.6. The Morgan fingerprint density at radius 2 is 1.73 bits per heavy atom. The summed E-state index contributed by atoms with van der Waals surface area (Å²) in [5.41, 5.74) is 1.22. The number of hydrogen-bond acceptors (Lipinski definition) is 4. The van der Waals surface area contributed by atoms with Crippen molar-refractivity contribution in [2.45, 2.75) is 76.5 Å². The number of aliphatic carboxylic acids is 1. The molecule has 0 saturated heterocycles. The van der Waals surface area contributed by atoms with Gasteiger partial charge in [0.05, 0.1) is 0 Å². The smallest absolute Gasteiger partial charge is 0.350 e. The van der Waals surface area contributed by atoms with Crippen LogP contribution in [0, 0.1) is 5.92 Å². The van der Waals surface area contributed by atoms with Crippen LogP contribution in [0.25, 0.3) is 0 Å². The molecule has 1 aliphatic carbocycles. The molecule has 0 spiro atoms. The summed E-state index contributed by atoms with van der Waals surface area (Å²) in [5.74, 6) is -2.65. The lowest BCUT2D eigenvalue weighted by Gasteiger charge is -2.47. The Bertz CT molecular complexity index is 950. The fourth-order valence-electron chi connectivity index (χ4n) is 5.40. The molecule has 1 heterocycles. The van der Waals surface area contributed by atoms with Gasteiger partial charge in [-0.1, -0.05) is 44.9 Å². The van der Waals surface area contributed by atoms with Crippen molar-refractivity contribution in [3.05, 3.63) is 29.8 Å². The van der Waals surface area contributed by atoms with Gasteiger partial charge in [-0.25, -0.2) is 0 Å². The minimum atomic E-state index is -4.87. The molecule has 1 aromatic rings. The second kappa shape index (κ2) is 9.95. The van der Waals surface area contributed by atoms with Crippen LogP contribution in [-0.2, 0) is 25.4 Å². The number of carbonyl (C=O) groups excluding carboxylic acids is 2. The number of amides is 2. The summed E-state index contributed by atoms with van der Waals surface area (Å²) in [5, 5.41) is 7.66. The van der Waals surface area contributed by atoms with Crippen molar-refractivity contribution in [2.75, 3.05) is 11.4 Å². The highest BCUT2D eigenvalue weighted by atomic mass is 31.2. The number of carbonyl (C=O) groups is 3. The number of hydrogen-bond donors (Lipinski definition) is 3. The van der Waals surface area contributed by atoms with Crippen LogP contribution in [0.4, 0.5) is 5.69 Å². The van der Waals surface area contributed by atoms with Gasteiger partial charge >= 0.3 is 13.6 Å². The standard InChI is InChI=1S/C23H33N2O7P/c1-3-23(4-2,33(30,31)32)25(21(28)17-10-5-6-11-17)19-14-13-16-9-7-8-12-18(16)24(22(19)29)15-20(26)27/h7-9,12,17,19H,3-6,10-11,13-15H2,1-2H3,(H,26,27)(H2,30,31,32)/t19-/m0/s1. The fourth-order valence-corrected chi connectivity index (χ4v) is 6.74. The van der Waals surface area contributed by atoms with Gasteiger partial charge in [-0.05, 0) is 50.2 Å². The van der Waals surface area contributed by atoms with Crippen molar-refractivity contribution in [2.24, 2.45) is 5.92 Å². The number of carboxylic acid groups (broad SMARTS) is 1. The molecule has 10 heteroatoms. The van der Waals surface area contributed by atoms with Crippen LogP contribution in [0.2, 0.25) is 0 Å². The summed E-state index contributed by atoms with van der Waals surface area (Å²) >= 11 is 0. The molecule has 0 aromatic heterocycles. The van der Waals surface area contributed by atoms with E-state index in [0.717, 1.165) is 23.3 Å². The van der Waals surface area contributed by atoms with Gasteiger partial charge in [0, 0.05) is 11.6 Å². The third-order valence-corrected chi connectivity index (χ3v) is 9.12. The first-order valence-electron chi connectivity index (χ1n) is 11.6. The summed E-state index contributed by atoms with van der Waals surface area (Å²) in [7, 11) is -4.87. The number of para-hydroxylation sites is 1. The number of nitrogens with zero attached hydrogens (tertiary/aromatic N) is 2. The molecule has 1 fully saturated rings. The highest BCUT2D eigenvalue weighted by molar-refractivity contribution is 7.53. The zero-order valence-corrected chi connectivity index (χ0v) is 20.0. The van der Waals surface area contributed by atoms with E-state index in [1.165, 1.54) is 4.90 Å². The molecular weight excluding hydrogens is 447 g/mol. The molecule has 3 N–H and O–H groups in total. The Balaban J connectivity index is 2.16. The zero-order valence-electron chi connectivity index (χ0n) is 19.1. The molecule has 1 saturated carbocycles. The molecule has 33 heavy (non-hydrogen) atoms. The molecule has 1 aliphatic heterocycles. The van der Waals surface area contributed by atoms with E-state index in [-0.39, 0.29) is 19.3 Å². The quantitative estimate of drug-likeness (QED) is 0.487. The molecule has 0 bridgehead atoms. The van der Waals surface area contributed by atoms with E-state index >= 15 is 0 Å². The Kier molecular flexibility index (Phi) is 7.66. The maximum atomic E-state index is 13.8. The summed E-state index contributed by atoms with van der Waals surface area (Å²) in [6.07, 6.45) is 3.40. The topological polar surface area (TPSA) is 135 Å². The molecule has 2 amide bonds. The zero-order chi connectivity index (χ0) is 24.4. The molecule has 9 nitrogen and oxygen atoms in total. The third kappa shape index (κ3) is 4.72. The van der Waals surface area contributed by atoms with Crippen LogP contribution in [-0.4, -0.2) is 55.4 Å². The fraction of sp³-hybridized carbons (Fsp3) is 0.609. The van der Waals surface area contributed by atoms with Crippen molar-refractivity contribution in [1.29, 1.82) is 0 Å². The first-order valence-corrected chi connectivity index (χ1v) is 13.2. The molecule has 1 aromatic carbocycles. The van der Waals surface area contributed by atoms with Crippen LogP contribution >= 0.6 is 7.60 Å². The van der Waals surface area contributed by atoms with Crippen LogP contribution in [0.15, 0.2) is 24.3 Å². The first kappa shape index (κ1) is 25.4. The van der Waals surface area contributed by atoms with Crippen LogP contribution in [0.5, 0.6) is 0 Å². The van der Waals surface area contributed by atoms with Crippen molar-refractivity contribution >= 4 is 31.1 Å². The van der Waals surface area contributed by atoms with Crippen molar-refractivity contribution < 1.29 is 33.8 Å². The average molecular weight is 480 g/mol. The van der Waals surface area contributed by atoms with Gasteiger partial charge < -0.3 is 19.8 Å². The number of carboxylic acids is 1. The van der Waals surface area contributed by atoms with Gasteiger partial charge in [-0.15, -0.1) is 0 Å². The normalized spacial score (nSPS) is 19.8.